The van der Waals surface area contributed by atoms with Crippen molar-refractivity contribution in [2.75, 3.05) is 35.8 Å². The van der Waals surface area contributed by atoms with Gasteiger partial charge in [-0.05, 0) is 81.6 Å². The van der Waals surface area contributed by atoms with Crippen LogP contribution in [0.5, 0.6) is 0 Å². The molecule has 2 heterocycles. The van der Waals surface area contributed by atoms with E-state index in [-0.39, 0.29) is 16.1 Å². The van der Waals surface area contributed by atoms with Crippen LogP contribution >= 0.6 is 0 Å². The van der Waals surface area contributed by atoms with Crippen LogP contribution in [0.1, 0.15) is 48.0 Å². The molecule has 0 aromatic heterocycles. The standard InChI is InChI=1S/C24H30FN3O4S/c1-17-5-7-19(25)16-23(17)33(31,32)26-21-15-18(24(29)30)6-8-22(21)28-13-9-20(10-14-28)27-11-3-2-4-12-27/h5-8,15-16,20,26H,2-4,9-14H2,1H3,(H,29,30). The molecule has 2 aromatic carbocycles. The van der Waals surface area contributed by atoms with Crippen LogP contribution in [0.3, 0.4) is 0 Å². The topological polar surface area (TPSA) is 89.9 Å². The predicted octanol–water partition coefficient (Wildman–Crippen LogP) is 4.09. The van der Waals surface area contributed by atoms with Gasteiger partial charge < -0.3 is 14.9 Å². The Morgan fingerprint density at radius 3 is 2.39 bits per heavy atom. The van der Waals surface area contributed by atoms with Crippen molar-refractivity contribution in [2.24, 2.45) is 0 Å². The van der Waals surface area contributed by atoms with E-state index in [1.54, 1.807) is 13.0 Å². The summed E-state index contributed by atoms with van der Waals surface area (Å²) in [6.45, 7) is 5.36. The van der Waals surface area contributed by atoms with Gasteiger partial charge in [0.1, 0.15) is 5.82 Å². The summed E-state index contributed by atoms with van der Waals surface area (Å²) in [5.41, 5.74) is 1.21. The molecular weight excluding hydrogens is 445 g/mol. The molecule has 0 aliphatic carbocycles. The largest absolute Gasteiger partial charge is 0.478 e. The van der Waals surface area contributed by atoms with E-state index in [0.29, 0.717) is 17.3 Å². The van der Waals surface area contributed by atoms with Crippen molar-refractivity contribution in [2.45, 2.75) is 50.0 Å². The Kier molecular flexibility index (Phi) is 6.90. The van der Waals surface area contributed by atoms with E-state index >= 15 is 0 Å². The molecule has 0 spiro atoms. The maximum Gasteiger partial charge on any atom is 0.335 e. The summed E-state index contributed by atoms with van der Waals surface area (Å²) in [7, 11) is -4.12. The number of nitrogens with one attached hydrogen (secondary N) is 1. The summed E-state index contributed by atoms with van der Waals surface area (Å²) in [4.78, 5) is 16.0. The quantitative estimate of drug-likeness (QED) is 0.654. The van der Waals surface area contributed by atoms with Gasteiger partial charge in [-0.2, -0.15) is 0 Å². The Morgan fingerprint density at radius 2 is 1.73 bits per heavy atom. The van der Waals surface area contributed by atoms with E-state index in [9.17, 15) is 22.7 Å². The summed E-state index contributed by atoms with van der Waals surface area (Å²) < 4.78 is 42.5. The zero-order chi connectivity index (χ0) is 23.6. The highest BCUT2D eigenvalue weighted by Crippen LogP contribution is 2.33. The number of hydrogen-bond donors (Lipinski definition) is 2. The van der Waals surface area contributed by atoms with Crippen molar-refractivity contribution in [3.05, 3.63) is 53.3 Å². The highest BCUT2D eigenvalue weighted by molar-refractivity contribution is 7.92. The zero-order valence-corrected chi connectivity index (χ0v) is 19.6. The maximum atomic E-state index is 13.8. The van der Waals surface area contributed by atoms with Gasteiger partial charge in [-0.15, -0.1) is 0 Å². The Bertz CT molecular complexity index is 1120. The van der Waals surface area contributed by atoms with Crippen LogP contribution in [-0.4, -0.2) is 56.6 Å². The number of nitrogens with zero attached hydrogens (tertiary/aromatic N) is 2. The number of aromatic carboxylic acids is 1. The lowest BCUT2D eigenvalue weighted by atomic mass is 9.99. The number of anilines is 2. The maximum absolute atomic E-state index is 13.8. The van der Waals surface area contributed by atoms with Crippen molar-refractivity contribution in [1.29, 1.82) is 0 Å². The van der Waals surface area contributed by atoms with Crippen LogP contribution in [-0.2, 0) is 10.0 Å². The molecule has 0 atom stereocenters. The average molecular weight is 476 g/mol. The second-order valence-corrected chi connectivity index (χ2v) is 10.5. The normalized spacial score (nSPS) is 18.3. The lowest BCUT2D eigenvalue weighted by Crippen LogP contribution is -2.46. The number of halogens is 1. The Labute approximate surface area is 194 Å². The van der Waals surface area contributed by atoms with E-state index < -0.39 is 21.8 Å². The first-order valence-corrected chi connectivity index (χ1v) is 12.9. The molecule has 4 rings (SSSR count). The fraction of sp³-hybridized carbons (Fsp3) is 0.458. The second-order valence-electron chi connectivity index (χ2n) is 8.87. The van der Waals surface area contributed by atoms with Gasteiger partial charge in [0.2, 0.25) is 0 Å². The minimum atomic E-state index is -4.12. The summed E-state index contributed by atoms with van der Waals surface area (Å²) in [6, 6.07) is 8.58. The number of carboxylic acid groups (broad SMARTS) is 1. The molecule has 0 radical (unpaired) electrons. The average Bonchev–Trinajstić information content (AvgIpc) is 2.81. The minimum absolute atomic E-state index is 0.0179. The number of piperidine rings is 2. The van der Waals surface area contributed by atoms with Crippen molar-refractivity contribution < 1.29 is 22.7 Å². The van der Waals surface area contributed by atoms with Gasteiger partial charge >= 0.3 is 5.97 Å². The van der Waals surface area contributed by atoms with Gasteiger partial charge in [-0.1, -0.05) is 12.5 Å². The Morgan fingerprint density at radius 1 is 1.03 bits per heavy atom. The van der Waals surface area contributed by atoms with E-state index in [4.69, 9.17) is 0 Å². The molecule has 0 unspecified atom stereocenters. The van der Waals surface area contributed by atoms with E-state index in [1.807, 2.05) is 0 Å². The fourth-order valence-electron chi connectivity index (χ4n) is 4.85. The molecule has 2 N–H and O–H groups in total. The molecule has 2 aliphatic heterocycles. The molecule has 0 bridgehead atoms. The third-order valence-electron chi connectivity index (χ3n) is 6.64. The number of hydrogen-bond acceptors (Lipinski definition) is 5. The monoisotopic (exact) mass is 475 g/mol. The second kappa shape index (κ2) is 9.69. The molecule has 2 aliphatic rings. The predicted molar refractivity (Wildman–Crippen MR) is 126 cm³/mol. The zero-order valence-electron chi connectivity index (χ0n) is 18.8. The first kappa shape index (κ1) is 23.5. The fourth-order valence-corrected chi connectivity index (χ4v) is 6.17. The van der Waals surface area contributed by atoms with Crippen LogP contribution in [0.4, 0.5) is 15.8 Å². The summed E-state index contributed by atoms with van der Waals surface area (Å²) in [5, 5.41) is 9.44. The SMILES string of the molecule is Cc1ccc(F)cc1S(=O)(=O)Nc1cc(C(=O)O)ccc1N1CCC(N2CCCCC2)CC1. The lowest BCUT2D eigenvalue weighted by Gasteiger charge is -2.41. The van der Waals surface area contributed by atoms with Gasteiger partial charge in [-0.25, -0.2) is 17.6 Å². The number of benzene rings is 2. The van der Waals surface area contributed by atoms with Crippen LogP contribution in [0, 0.1) is 12.7 Å². The Hall–Kier alpha value is -2.65. The van der Waals surface area contributed by atoms with Gasteiger partial charge in [0, 0.05) is 19.1 Å². The third-order valence-corrected chi connectivity index (χ3v) is 8.15. The van der Waals surface area contributed by atoms with E-state index in [0.717, 1.165) is 45.1 Å². The molecule has 9 heteroatoms. The van der Waals surface area contributed by atoms with E-state index in [2.05, 4.69) is 14.5 Å². The van der Waals surface area contributed by atoms with Crippen molar-refractivity contribution in [1.82, 2.24) is 4.90 Å². The summed E-state index contributed by atoms with van der Waals surface area (Å²) in [5.74, 6) is -1.80. The molecule has 178 valence electrons. The highest BCUT2D eigenvalue weighted by atomic mass is 32.2. The van der Waals surface area contributed by atoms with Crippen LogP contribution in [0.2, 0.25) is 0 Å². The minimum Gasteiger partial charge on any atom is -0.478 e. The van der Waals surface area contributed by atoms with Gasteiger partial charge in [0.25, 0.3) is 10.0 Å². The molecule has 33 heavy (non-hydrogen) atoms. The van der Waals surface area contributed by atoms with Gasteiger partial charge in [0.15, 0.2) is 0 Å². The van der Waals surface area contributed by atoms with Gasteiger partial charge in [0.05, 0.1) is 21.8 Å². The molecular formula is C24H30FN3O4S. The lowest BCUT2D eigenvalue weighted by molar-refractivity contribution is 0.0697. The van der Waals surface area contributed by atoms with Gasteiger partial charge in [-0.3, -0.25) is 4.72 Å². The molecule has 7 nitrogen and oxygen atoms in total. The third kappa shape index (κ3) is 5.30. The molecule has 2 saturated heterocycles. The number of carboxylic acids is 1. The smallest absolute Gasteiger partial charge is 0.335 e. The Balaban J connectivity index is 1.59. The molecule has 0 amide bonds. The van der Waals surface area contributed by atoms with Crippen molar-refractivity contribution in [3.63, 3.8) is 0 Å². The van der Waals surface area contributed by atoms with Crippen LogP contribution < -0.4 is 9.62 Å². The number of rotatable bonds is 6. The number of aryl methyl sites for hydroxylation is 1. The first-order valence-electron chi connectivity index (χ1n) is 11.4. The molecule has 2 fully saturated rings. The molecule has 2 aromatic rings. The highest BCUT2D eigenvalue weighted by Gasteiger charge is 2.28. The number of sulfonamides is 1. The number of likely N-dealkylation sites (tertiary alicyclic amines) is 1. The van der Waals surface area contributed by atoms with Crippen molar-refractivity contribution >= 4 is 27.4 Å². The van der Waals surface area contributed by atoms with Crippen LogP contribution in [0.25, 0.3) is 0 Å². The van der Waals surface area contributed by atoms with E-state index in [1.165, 1.54) is 43.5 Å². The number of carbonyl (C=O) groups is 1. The first-order chi connectivity index (χ1) is 15.7. The summed E-state index contributed by atoms with van der Waals surface area (Å²) in [6.07, 6.45) is 5.70. The molecule has 0 saturated carbocycles. The summed E-state index contributed by atoms with van der Waals surface area (Å²) >= 11 is 0. The van der Waals surface area contributed by atoms with Crippen molar-refractivity contribution in [3.8, 4) is 0 Å². The van der Waals surface area contributed by atoms with Crippen LogP contribution in [0.15, 0.2) is 41.3 Å².